The van der Waals surface area contributed by atoms with Gasteiger partial charge in [0, 0.05) is 12.8 Å². The molecule has 0 spiro atoms. The van der Waals surface area contributed by atoms with Crippen LogP contribution in [0.2, 0.25) is 0 Å². The van der Waals surface area contributed by atoms with Gasteiger partial charge in [0.15, 0.2) is 0 Å². The molecule has 0 aliphatic heterocycles. The zero-order valence-corrected chi connectivity index (χ0v) is 55.3. The number of amides is 1. The lowest BCUT2D eigenvalue weighted by Crippen LogP contribution is -2.45. The lowest BCUT2D eigenvalue weighted by atomic mass is 10.0. The van der Waals surface area contributed by atoms with E-state index in [4.69, 9.17) is 4.74 Å². The maximum absolute atomic E-state index is 12.5. The first-order valence-corrected chi connectivity index (χ1v) is 37.4. The van der Waals surface area contributed by atoms with E-state index < -0.39 is 12.1 Å². The van der Waals surface area contributed by atoms with Gasteiger partial charge in [0.1, 0.15) is 0 Å². The predicted octanol–water partition coefficient (Wildman–Crippen LogP) is 24.3. The third kappa shape index (κ3) is 67.6. The van der Waals surface area contributed by atoms with Crippen LogP contribution in [0.4, 0.5) is 0 Å². The van der Waals surface area contributed by atoms with E-state index in [-0.39, 0.29) is 18.5 Å². The van der Waals surface area contributed by atoms with Crippen molar-refractivity contribution in [2.24, 2.45) is 0 Å². The number of unbranched alkanes of at least 4 members (excludes halogenated alkanes) is 58. The fraction of sp³-hybridized carbons (Fsp3) is 0.947. The van der Waals surface area contributed by atoms with Crippen molar-refractivity contribution in [3.63, 3.8) is 0 Å². The molecule has 81 heavy (non-hydrogen) atoms. The number of esters is 1. The zero-order chi connectivity index (χ0) is 58.5. The Morgan fingerprint density at radius 2 is 0.580 bits per heavy atom. The minimum Gasteiger partial charge on any atom is -0.466 e. The molecule has 0 rings (SSSR count). The highest BCUT2D eigenvalue weighted by molar-refractivity contribution is 5.76. The van der Waals surface area contributed by atoms with E-state index in [0.717, 1.165) is 38.5 Å². The van der Waals surface area contributed by atoms with Crippen LogP contribution >= 0.6 is 0 Å². The molecule has 0 radical (unpaired) electrons. The van der Waals surface area contributed by atoms with Crippen LogP contribution in [-0.2, 0) is 14.3 Å². The molecule has 0 aromatic heterocycles. The number of allylic oxidation sites excluding steroid dienone is 2. The number of aliphatic hydroxyl groups excluding tert-OH is 2. The third-order valence-electron chi connectivity index (χ3n) is 17.8. The third-order valence-corrected chi connectivity index (χ3v) is 17.8. The Morgan fingerprint density at radius 1 is 0.333 bits per heavy atom. The van der Waals surface area contributed by atoms with E-state index in [2.05, 4.69) is 31.3 Å². The Kier molecular flexibility index (Phi) is 69.9. The Labute approximate surface area is 508 Å². The maximum Gasteiger partial charge on any atom is 0.305 e. The molecule has 0 aliphatic rings. The van der Waals surface area contributed by atoms with Gasteiger partial charge in [-0.25, -0.2) is 0 Å². The van der Waals surface area contributed by atoms with Crippen LogP contribution in [0.5, 0.6) is 0 Å². The van der Waals surface area contributed by atoms with Crippen LogP contribution in [0, 0.1) is 0 Å². The standard InChI is InChI=1S/C75H147NO5/c1-3-5-7-9-11-13-15-17-19-21-36-39-43-47-51-55-59-63-67-73(78)72(71-77)76-74(79)68-64-60-56-52-48-44-40-37-33-31-29-27-25-23-22-24-26-28-30-32-34-38-42-46-50-54-58-62-66-70-81-75(80)69-65-61-57-53-49-45-41-35-20-18-16-14-12-10-8-6-4-2/h22,24,72-73,77-78H,3-21,23,25-71H2,1-2H3,(H,76,79)/b24-22-. The minimum absolute atomic E-state index is 0.0217. The zero-order valence-electron chi connectivity index (χ0n) is 55.3. The van der Waals surface area contributed by atoms with Gasteiger partial charge in [-0.05, 0) is 51.4 Å². The molecule has 0 aliphatic carbocycles. The van der Waals surface area contributed by atoms with Crippen LogP contribution < -0.4 is 5.32 Å². The Morgan fingerprint density at radius 3 is 0.877 bits per heavy atom. The normalized spacial score (nSPS) is 12.5. The molecule has 0 fully saturated rings. The van der Waals surface area contributed by atoms with Crippen LogP contribution in [-0.4, -0.2) is 47.4 Å². The summed E-state index contributed by atoms with van der Waals surface area (Å²) in [6.45, 7) is 5.01. The summed E-state index contributed by atoms with van der Waals surface area (Å²) in [6.07, 6.45) is 88.5. The monoisotopic (exact) mass is 1140 g/mol. The summed E-state index contributed by atoms with van der Waals surface area (Å²) in [4.78, 5) is 24.6. The number of carbonyl (C=O) groups is 2. The van der Waals surface area contributed by atoms with Gasteiger partial charge in [-0.3, -0.25) is 9.59 Å². The van der Waals surface area contributed by atoms with Gasteiger partial charge in [0.2, 0.25) is 5.91 Å². The van der Waals surface area contributed by atoms with Crippen molar-refractivity contribution < 1.29 is 24.5 Å². The number of ether oxygens (including phenoxy) is 1. The smallest absolute Gasteiger partial charge is 0.305 e. The molecular formula is C75H147NO5. The van der Waals surface area contributed by atoms with Crippen molar-refractivity contribution >= 4 is 11.9 Å². The highest BCUT2D eigenvalue weighted by Crippen LogP contribution is 2.20. The fourth-order valence-corrected chi connectivity index (χ4v) is 12.1. The van der Waals surface area contributed by atoms with Crippen molar-refractivity contribution in [3.05, 3.63) is 12.2 Å². The molecule has 2 unspecified atom stereocenters. The lowest BCUT2D eigenvalue weighted by molar-refractivity contribution is -0.143. The van der Waals surface area contributed by atoms with E-state index >= 15 is 0 Å². The van der Waals surface area contributed by atoms with Gasteiger partial charge in [-0.15, -0.1) is 0 Å². The van der Waals surface area contributed by atoms with E-state index in [0.29, 0.717) is 25.9 Å². The molecule has 0 aromatic carbocycles. The second kappa shape index (κ2) is 71.1. The second-order valence-electron chi connectivity index (χ2n) is 26.0. The number of carbonyl (C=O) groups excluding carboxylic acids is 2. The first-order valence-electron chi connectivity index (χ1n) is 37.4. The van der Waals surface area contributed by atoms with Gasteiger partial charge in [-0.2, -0.15) is 0 Å². The second-order valence-corrected chi connectivity index (χ2v) is 26.0. The summed E-state index contributed by atoms with van der Waals surface area (Å²) < 4.78 is 5.51. The van der Waals surface area contributed by atoms with Crippen LogP contribution in [0.3, 0.4) is 0 Å². The average molecular weight is 1140 g/mol. The Balaban J connectivity index is 3.35. The Bertz CT molecular complexity index is 1220. The molecular weight excluding hydrogens is 995 g/mol. The molecule has 6 heteroatoms. The molecule has 0 saturated heterocycles. The first kappa shape index (κ1) is 79.6. The summed E-state index contributed by atoms with van der Waals surface area (Å²) in [5.41, 5.74) is 0. The van der Waals surface area contributed by atoms with Crippen molar-refractivity contribution in [3.8, 4) is 0 Å². The molecule has 0 heterocycles. The van der Waals surface area contributed by atoms with E-state index in [1.54, 1.807) is 0 Å². The quantitative estimate of drug-likeness (QED) is 0.0320. The van der Waals surface area contributed by atoms with E-state index in [1.807, 2.05) is 0 Å². The van der Waals surface area contributed by atoms with Crippen molar-refractivity contribution in [2.45, 2.75) is 443 Å². The number of rotatable bonds is 71. The molecule has 0 aromatic rings. The Hall–Kier alpha value is -1.40. The van der Waals surface area contributed by atoms with Crippen molar-refractivity contribution in [1.82, 2.24) is 5.32 Å². The largest absolute Gasteiger partial charge is 0.466 e. The van der Waals surface area contributed by atoms with Gasteiger partial charge in [0.05, 0.1) is 25.4 Å². The predicted molar refractivity (Wildman–Crippen MR) is 357 cm³/mol. The minimum atomic E-state index is -0.664. The fourth-order valence-electron chi connectivity index (χ4n) is 12.1. The van der Waals surface area contributed by atoms with Crippen LogP contribution in [0.1, 0.15) is 431 Å². The summed E-state index contributed by atoms with van der Waals surface area (Å²) in [7, 11) is 0. The molecule has 3 N–H and O–H groups in total. The number of hydrogen-bond acceptors (Lipinski definition) is 5. The molecule has 0 saturated carbocycles. The van der Waals surface area contributed by atoms with Gasteiger partial charge in [0.25, 0.3) is 0 Å². The summed E-state index contributed by atoms with van der Waals surface area (Å²) >= 11 is 0. The first-order chi connectivity index (χ1) is 40.0. The SMILES string of the molecule is CCCCCCCCCCCCCCCCCCCCC(O)C(CO)NC(=O)CCCCCCCCCCCCCCC/C=C\CCCCCCCCCCCCCCOC(=O)CCCCCCCCCCCCCCCCCCC. The topological polar surface area (TPSA) is 95.9 Å². The molecule has 1 amide bonds. The molecule has 0 bridgehead atoms. The number of hydrogen-bond donors (Lipinski definition) is 3. The summed E-state index contributed by atoms with van der Waals surface area (Å²) in [5, 5.41) is 23.4. The lowest BCUT2D eigenvalue weighted by Gasteiger charge is -2.22. The van der Waals surface area contributed by atoms with E-state index in [1.165, 1.54) is 360 Å². The van der Waals surface area contributed by atoms with Crippen molar-refractivity contribution in [1.29, 1.82) is 0 Å². The summed E-state index contributed by atoms with van der Waals surface area (Å²) in [6, 6.07) is -0.541. The number of aliphatic hydroxyl groups is 2. The van der Waals surface area contributed by atoms with Gasteiger partial charge < -0.3 is 20.3 Å². The van der Waals surface area contributed by atoms with Crippen LogP contribution in [0.15, 0.2) is 12.2 Å². The maximum atomic E-state index is 12.5. The van der Waals surface area contributed by atoms with E-state index in [9.17, 15) is 19.8 Å². The highest BCUT2D eigenvalue weighted by atomic mass is 16.5. The van der Waals surface area contributed by atoms with Gasteiger partial charge >= 0.3 is 5.97 Å². The highest BCUT2D eigenvalue weighted by Gasteiger charge is 2.20. The molecule has 2 atom stereocenters. The molecule has 6 nitrogen and oxygen atoms in total. The average Bonchev–Trinajstić information content (AvgIpc) is 3.47. The number of nitrogens with one attached hydrogen (secondary N) is 1. The summed E-state index contributed by atoms with van der Waals surface area (Å²) in [5.74, 6) is -0.00791. The van der Waals surface area contributed by atoms with Crippen molar-refractivity contribution in [2.75, 3.05) is 13.2 Å². The van der Waals surface area contributed by atoms with Crippen LogP contribution in [0.25, 0.3) is 0 Å². The molecule has 482 valence electrons. The van der Waals surface area contributed by atoms with Gasteiger partial charge in [-0.1, -0.05) is 379 Å².